The summed E-state index contributed by atoms with van der Waals surface area (Å²) in [6.45, 7) is 4.49. The maximum Gasteiger partial charge on any atom is 0.300 e. The summed E-state index contributed by atoms with van der Waals surface area (Å²) in [5.41, 5.74) is 1.25. The second-order valence-corrected chi connectivity index (χ2v) is 6.24. The van der Waals surface area contributed by atoms with Gasteiger partial charge in [0.2, 0.25) is 5.52 Å². The Morgan fingerprint density at radius 1 is 1.12 bits per heavy atom. The number of nitrogens with zero attached hydrogens (tertiary/aromatic N) is 4. The molecule has 24 heavy (non-hydrogen) atoms. The molecule has 1 aliphatic rings. The van der Waals surface area contributed by atoms with E-state index in [2.05, 4.69) is 25.2 Å². The molecule has 0 aliphatic carbocycles. The van der Waals surface area contributed by atoms with Crippen molar-refractivity contribution in [3.8, 4) is 0 Å². The molecule has 0 bridgehead atoms. The van der Waals surface area contributed by atoms with E-state index in [0.717, 1.165) is 25.1 Å². The molecule has 2 aromatic rings. The number of nitro benzene ring substituents is 1. The third-order valence-corrected chi connectivity index (χ3v) is 4.51. The van der Waals surface area contributed by atoms with Crippen LogP contribution in [0.2, 0.25) is 0 Å². The summed E-state index contributed by atoms with van der Waals surface area (Å²) >= 11 is 0. The minimum Gasteiger partial charge on any atom is -0.383 e. The van der Waals surface area contributed by atoms with Crippen LogP contribution in [0.15, 0.2) is 16.8 Å². The number of aromatic nitrogens is 2. The van der Waals surface area contributed by atoms with Crippen molar-refractivity contribution in [3.05, 3.63) is 22.2 Å². The average Bonchev–Trinajstić information content (AvgIpc) is 3.08. The van der Waals surface area contributed by atoms with E-state index in [1.54, 1.807) is 6.07 Å². The third kappa shape index (κ3) is 4.00. The number of fused-ring (bicyclic) bond motifs is 1. The average molecular weight is 333 g/mol. The highest BCUT2D eigenvalue weighted by Gasteiger charge is 2.19. The highest BCUT2D eigenvalue weighted by Crippen LogP contribution is 2.28. The highest BCUT2D eigenvalue weighted by molar-refractivity contribution is 5.93. The first-order valence-corrected chi connectivity index (χ1v) is 8.61. The van der Waals surface area contributed by atoms with Crippen LogP contribution in [0.4, 0.5) is 11.4 Å². The van der Waals surface area contributed by atoms with Gasteiger partial charge in [0.25, 0.3) is 0 Å². The van der Waals surface area contributed by atoms with Crippen molar-refractivity contribution in [1.29, 1.82) is 0 Å². The number of hydrogen-bond donors (Lipinski definition) is 1. The molecule has 0 unspecified atom stereocenters. The van der Waals surface area contributed by atoms with Crippen molar-refractivity contribution in [1.82, 2.24) is 15.2 Å². The molecule has 1 N–H and O–H groups in total. The second kappa shape index (κ2) is 8.05. The van der Waals surface area contributed by atoms with Crippen LogP contribution in [0, 0.1) is 10.1 Å². The van der Waals surface area contributed by atoms with Gasteiger partial charge in [-0.25, -0.2) is 4.63 Å². The molecule has 8 nitrogen and oxygen atoms in total. The van der Waals surface area contributed by atoms with Gasteiger partial charge >= 0.3 is 5.69 Å². The fourth-order valence-electron chi connectivity index (χ4n) is 3.19. The number of likely N-dealkylation sites (tertiary alicyclic amines) is 1. The van der Waals surface area contributed by atoms with Crippen LogP contribution in [0.3, 0.4) is 0 Å². The molecule has 1 saturated heterocycles. The standard InChI is InChI=1S/C16H23N5O3/c22-21(23)14-8-7-13(15-16(14)19-24-18-15)17-9-3-1-4-10-20-11-5-2-6-12-20/h7-8,17H,1-6,9-12H2. The van der Waals surface area contributed by atoms with E-state index in [4.69, 9.17) is 0 Å². The number of non-ortho nitro benzene ring substituents is 1. The summed E-state index contributed by atoms with van der Waals surface area (Å²) in [5, 5.41) is 21.7. The summed E-state index contributed by atoms with van der Waals surface area (Å²) in [7, 11) is 0. The number of hydrogen-bond acceptors (Lipinski definition) is 7. The van der Waals surface area contributed by atoms with E-state index in [1.165, 1.54) is 51.4 Å². The number of nitro groups is 1. The van der Waals surface area contributed by atoms with Crippen LogP contribution in [0.25, 0.3) is 11.0 Å². The summed E-state index contributed by atoms with van der Waals surface area (Å²) in [5.74, 6) is 0. The van der Waals surface area contributed by atoms with E-state index in [-0.39, 0.29) is 11.2 Å². The lowest BCUT2D eigenvalue weighted by atomic mass is 10.1. The maximum atomic E-state index is 11.0. The molecular weight excluding hydrogens is 310 g/mol. The molecule has 0 amide bonds. The van der Waals surface area contributed by atoms with Crippen molar-refractivity contribution in [2.45, 2.75) is 38.5 Å². The van der Waals surface area contributed by atoms with Crippen LogP contribution in [0.5, 0.6) is 0 Å². The van der Waals surface area contributed by atoms with Gasteiger partial charge < -0.3 is 10.2 Å². The van der Waals surface area contributed by atoms with Crippen LogP contribution < -0.4 is 5.32 Å². The third-order valence-electron chi connectivity index (χ3n) is 4.51. The van der Waals surface area contributed by atoms with Gasteiger partial charge in [-0.2, -0.15) is 0 Å². The summed E-state index contributed by atoms with van der Waals surface area (Å²) in [6.07, 6.45) is 7.48. The zero-order valence-electron chi connectivity index (χ0n) is 13.7. The molecule has 0 atom stereocenters. The lowest BCUT2D eigenvalue weighted by Crippen LogP contribution is -2.30. The van der Waals surface area contributed by atoms with Gasteiger partial charge in [-0.15, -0.1) is 0 Å². The van der Waals surface area contributed by atoms with Crippen molar-refractivity contribution in [2.75, 3.05) is 31.5 Å². The molecule has 1 aliphatic heterocycles. The largest absolute Gasteiger partial charge is 0.383 e. The lowest BCUT2D eigenvalue weighted by molar-refractivity contribution is -0.383. The topological polar surface area (TPSA) is 97.3 Å². The van der Waals surface area contributed by atoms with Crippen LogP contribution in [-0.4, -0.2) is 46.3 Å². The first-order chi connectivity index (χ1) is 11.8. The first-order valence-electron chi connectivity index (χ1n) is 8.61. The molecule has 1 aromatic heterocycles. The number of benzene rings is 1. The van der Waals surface area contributed by atoms with Crippen molar-refractivity contribution in [3.63, 3.8) is 0 Å². The van der Waals surface area contributed by atoms with E-state index in [9.17, 15) is 10.1 Å². The predicted octanol–water partition coefficient (Wildman–Crippen LogP) is 3.20. The SMILES string of the molecule is O=[N+]([O-])c1ccc(NCCCCCN2CCCCC2)c2nonc12. The Morgan fingerprint density at radius 2 is 1.92 bits per heavy atom. The van der Waals surface area contributed by atoms with E-state index in [0.29, 0.717) is 5.52 Å². The quantitative estimate of drug-likeness (QED) is 0.450. The van der Waals surface area contributed by atoms with Gasteiger partial charge in [-0.3, -0.25) is 10.1 Å². The van der Waals surface area contributed by atoms with E-state index >= 15 is 0 Å². The van der Waals surface area contributed by atoms with Gasteiger partial charge in [-0.05, 0) is 61.7 Å². The fraction of sp³-hybridized carbons (Fsp3) is 0.625. The molecular formula is C16H23N5O3. The minimum absolute atomic E-state index is 0.0849. The van der Waals surface area contributed by atoms with Gasteiger partial charge in [0.1, 0.15) is 0 Å². The van der Waals surface area contributed by atoms with Crippen molar-refractivity contribution >= 4 is 22.4 Å². The smallest absolute Gasteiger partial charge is 0.300 e. The molecule has 0 saturated carbocycles. The normalized spacial score (nSPS) is 15.7. The van der Waals surface area contributed by atoms with E-state index < -0.39 is 4.92 Å². The van der Waals surface area contributed by atoms with Crippen molar-refractivity contribution in [2.24, 2.45) is 0 Å². The Labute approximate surface area is 140 Å². The van der Waals surface area contributed by atoms with Crippen LogP contribution >= 0.6 is 0 Å². The number of piperidine rings is 1. The Kier molecular flexibility index (Phi) is 5.58. The molecule has 2 heterocycles. The lowest BCUT2D eigenvalue weighted by Gasteiger charge is -2.26. The Hall–Kier alpha value is -2.22. The maximum absolute atomic E-state index is 11.0. The second-order valence-electron chi connectivity index (χ2n) is 6.24. The molecule has 8 heteroatoms. The van der Waals surface area contributed by atoms with Gasteiger partial charge in [0.05, 0.1) is 10.6 Å². The van der Waals surface area contributed by atoms with Gasteiger partial charge in [0, 0.05) is 12.6 Å². The van der Waals surface area contributed by atoms with Crippen molar-refractivity contribution < 1.29 is 9.55 Å². The number of rotatable bonds is 8. The zero-order chi connectivity index (χ0) is 16.8. The molecule has 0 spiro atoms. The first kappa shape index (κ1) is 16.6. The Morgan fingerprint density at radius 3 is 2.71 bits per heavy atom. The number of anilines is 1. The number of nitrogens with one attached hydrogen (secondary N) is 1. The van der Waals surface area contributed by atoms with E-state index in [1.807, 2.05) is 0 Å². The molecule has 1 aromatic carbocycles. The molecule has 3 rings (SSSR count). The summed E-state index contributed by atoms with van der Waals surface area (Å²) in [6, 6.07) is 3.10. The Balaban J connectivity index is 1.44. The zero-order valence-corrected chi connectivity index (χ0v) is 13.7. The van der Waals surface area contributed by atoms with Gasteiger partial charge in [0.15, 0.2) is 5.52 Å². The minimum atomic E-state index is -0.475. The fourth-order valence-corrected chi connectivity index (χ4v) is 3.19. The molecule has 1 fully saturated rings. The Bertz CT molecular complexity index is 681. The molecule has 0 radical (unpaired) electrons. The highest BCUT2D eigenvalue weighted by atomic mass is 16.6. The number of unbranched alkanes of at least 4 members (excludes halogenated alkanes) is 2. The van der Waals surface area contributed by atoms with Gasteiger partial charge in [-0.1, -0.05) is 12.8 Å². The molecule has 130 valence electrons. The summed E-state index contributed by atoms with van der Waals surface area (Å²) in [4.78, 5) is 13.0. The predicted molar refractivity (Wildman–Crippen MR) is 91.1 cm³/mol. The summed E-state index contributed by atoms with van der Waals surface area (Å²) < 4.78 is 4.66. The van der Waals surface area contributed by atoms with Crippen LogP contribution in [-0.2, 0) is 0 Å². The monoisotopic (exact) mass is 333 g/mol. The van der Waals surface area contributed by atoms with Crippen LogP contribution in [0.1, 0.15) is 38.5 Å².